The molecule has 104 valence electrons. The topological polar surface area (TPSA) is 64.0 Å². The van der Waals surface area contributed by atoms with Crippen molar-refractivity contribution >= 4 is 27.6 Å². The van der Waals surface area contributed by atoms with Gasteiger partial charge in [0.05, 0.1) is 17.6 Å². The molecule has 20 heavy (non-hydrogen) atoms. The molecule has 1 aromatic carbocycles. The molecule has 0 saturated heterocycles. The minimum Gasteiger partial charge on any atom is -0.302 e. The van der Waals surface area contributed by atoms with Gasteiger partial charge >= 0.3 is 0 Å². The molecule has 0 spiro atoms. The van der Waals surface area contributed by atoms with Gasteiger partial charge in [0.25, 0.3) is 10.0 Å². The fraction of sp³-hybridized carbons (Fsp3) is 0.154. The van der Waals surface area contributed by atoms with Gasteiger partial charge in [-0.15, -0.1) is 6.42 Å². The van der Waals surface area contributed by atoms with E-state index in [9.17, 15) is 8.42 Å². The van der Waals surface area contributed by atoms with E-state index in [2.05, 4.69) is 15.6 Å². The van der Waals surface area contributed by atoms with Crippen LogP contribution in [0.5, 0.6) is 0 Å². The monoisotopic (exact) mass is 309 g/mol. The van der Waals surface area contributed by atoms with Crippen molar-refractivity contribution in [1.29, 1.82) is 0 Å². The minimum absolute atomic E-state index is 0.106. The Bertz CT molecular complexity index is 758. The molecule has 2 rings (SSSR count). The summed E-state index contributed by atoms with van der Waals surface area (Å²) in [4.78, 5) is 4.12. The summed E-state index contributed by atoms with van der Waals surface area (Å²) in [7, 11) is -3.72. The van der Waals surface area contributed by atoms with Crippen molar-refractivity contribution < 1.29 is 8.42 Å². The van der Waals surface area contributed by atoms with Gasteiger partial charge < -0.3 is 4.57 Å². The third-order valence-corrected chi connectivity index (χ3v) is 4.25. The number of anilines is 1. The van der Waals surface area contributed by atoms with Crippen LogP contribution in [0.4, 0.5) is 5.95 Å². The maximum atomic E-state index is 12.2. The summed E-state index contributed by atoms with van der Waals surface area (Å²) in [6.07, 6.45) is 6.81. The summed E-state index contributed by atoms with van der Waals surface area (Å²) in [5.74, 6) is 2.65. The fourth-order valence-corrected chi connectivity index (χ4v) is 2.77. The molecule has 5 nitrogen and oxygen atoms in total. The van der Waals surface area contributed by atoms with Gasteiger partial charge in [0.1, 0.15) is 0 Å². The van der Waals surface area contributed by atoms with Gasteiger partial charge in [0.15, 0.2) is 0 Å². The first-order chi connectivity index (χ1) is 9.44. The molecule has 0 amide bonds. The first kappa shape index (κ1) is 14.4. The van der Waals surface area contributed by atoms with E-state index in [1.165, 1.54) is 24.3 Å². The van der Waals surface area contributed by atoms with Gasteiger partial charge in [-0.3, -0.25) is 0 Å². The summed E-state index contributed by atoms with van der Waals surface area (Å²) in [5, 5.41) is 0.466. The highest BCUT2D eigenvalue weighted by atomic mass is 35.5. The van der Waals surface area contributed by atoms with Crippen LogP contribution in [0.3, 0.4) is 0 Å². The standard InChI is InChI=1S/C13H12ClN3O2S/c1-3-8-17-10(2)9-15-13(17)16-20(18,19)12-6-4-11(14)5-7-12/h1,4-7,9H,8H2,2H3,(H,15,16). The lowest BCUT2D eigenvalue weighted by atomic mass is 10.4. The highest BCUT2D eigenvalue weighted by molar-refractivity contribution is 7.92. The number of aromatic nitrogens is 2. The van der Waals surface area contributed by atoms with Gasteiger partial charge in [0, 0.05) is 10.7 Å². The number of terminal acetylenes is 1. The summed E-state index contributed by atoms with van der Waals surface area (Å²) >= 11 is 5.74. The van der Waals surface area contributed by atoms with Gasteiger partial charge in [-0.2, -0.15) is 0 Å². The van der Waals surface area contributed by atoms with Crippen LogP contribution in [0.25, 0.3) is 0 Å². The van der Waals surface area contributed by atoms with Gasteiger partial charge in [-0.1, -0.05) is 17.5 Å². The van der Waals surface area contributed by atoms with Crippen LogP contribution < -0.4 is 4.72 Å². The number of nitrogens with one attached hydrogen (secondary N) is 1. The number of hydrogen-bond donors (Lipinski definition) is 1. The molecule has 7 heteroatoms. The van der Waals surface area contributed by atoms with Gasteiger partial charge in [-0.25, -0.2) is 18.1 Å². The van der Waals surface area contributed by atoms with E-state index >= 15 is 0 Å². The number of benzene rings is 1. The molecule has 0 radical (unpaired) electrons. The summed E-state index contributed by atoms with van der Waals surface area (Å²) in [6.45, 7) is 2.04. The zero-order valence-electron chi connectivity index (χ0n) is 10.7. The summed E-state index contributed by atoms with van der Waals surface area (Å²) in [6, 6.07) is 5.86. The summed E-state index contributed by atoms with van der Waals surface area (Å²) < 4.78 is 28.5. The number of nitrogens with zero attached hydrogens (tertiary/aromatic N) is 2. The normalized spacial score (nSPS) is 11.1. The SMILES string of the molecule is C#CCn1c(C)cnc1NS(=O)(=O)c1ccc(Cl)cc1. The Labute approximate surface area is 122 Å². The molecule has 0 bridgehead atoms. The molecule has 2 aromatic rings. The first-order valence-electron chi connectivity index (χ1n) is 5.68. The Morgan fingerprint density at radius 3 is 2.65 bits per heavy atom. The number of halogens is 1. The summed E-state index contributed by atoms with van der Waals surface area (Å²) in [5.41, 5.74) is 0.775. The molecule has 0 aliphatic rings. The number of imidazole rings is 1. The smallest absolute Gasteiger partial charge is 0.264 e. The zero-order valence-corrected chi connectivity index (χ0v) is 12.2. The van der Waals surface area contributed by atoms with Crippen molar-refractivity contribution in [2.45, 2.75) is 18.4 Å². The molecular weight excluding hydrogens is 298 g/mol. The largest absolute Gasteiger partial charge is 0.302 e. The lowest BCUT2D eigenvalue weighted by Gasteiger charge is -2.09. The molecule has 1 aromatic heterocycles. The zero-order chi connectivity index (χ0) is 14.8. The fourth-order valence-electron chi connectivity index (χ4n) is 1.63. The molecule has 0 unspecified atom stereocenters. The second kappa shape index (κ2) is 5.57. The number of hydrogen-bond acceptors (Lipinski definition) is 3. The van der Waals surface area contributed by atoms with E-state index in [-0.39, 0.29) is 17.4 Å². The van der Waals surface area contributed by atoms with Gasteiger partial charge in [0.2, 0.25) is 5.95 Å². The van der Waals surface area contributed by atoms with Crippen LogP contribution >= 0.6 is 11.6 Å². The van der Waals surface area contributed by atoms with E-state index in [0.29, 0.717) is 5.02 Å². The first-order valence-corrected chi connectivity index (χ1v) is 7.54. The molecule has 1 N–H and O–H groups in total. The van der Waals surface area contributed by atoms with Crippen molar-refractivity contribution in [3.05, 3.63) is 41.2 Å². The van der Waals surface area contributed by atoms with E-state index in [1.54, 1.807) is 17.7 Å². The van der Waals surface area contributed by atoms with Crippen LogP contribution in [0.2, 0.25) is 5.02 Å². The Hall–Kier alpha value is -1.97. The van der Waals surface area contributed by atoms with E-state index in [4.69, 9.17) is 18.0 Å². The van der Waals surface area contributed by atoms with Crippen LogP contribution in [0.1, 0.15) is 5.69 Å². The quantitative estimate of drug-likeness (QED) is 0.881. The third-order valence-electron chi connectivity index (χ3n) is 2.65. The second-order valence-corrected chi connectivity index (χ2v) is 6.19. The van der Waals surface area contributed by atoms with Crippen LogP contribution in [0, 0.1) is 19.3 Å². The van der Waals surface area contributed by atoms with E-state index < -0.39 is 10.0 Å². The molecule has 0 fully saturated rings. The van der Waals surface area contributed by atoms with Crippen molar-refractivity contribution in [2.75, 3.05) is 4.72 Å². The third kappa shape index (κ3) is 2.95. The molecule has 0 atom stereocenters. The van der Waals surface area contributed by atoms with Crippen LogP contribution in [-0.2, 0) is 16.6 Å². The number of rotatable bonds is 4. The lowest BCUT2D eigenvalue weighted by molar-refractivity contribution is 0.600. The maximum absolute atomic E-state index is 12.2. The minimum atomic E-state index is -3.72. The average Bonchev–Trinajstić information content (AvgIpc) is 2.72. The predicted molar refractivity (Wildman–Crippen MR) is 78.1 cm³/mol. The van der Waals surface area contributed by atoms with Crippen LogP contribution in [0.15, 0.2) is 35.4 Å². The molecule has 0 aliphatic heterocycles. The Kier molecular flexibility index (Phi) is 4.02. The highest BCUT2D eigenvalue weighted by Crippen LogP contribution is 2.18. The maximum Gasteiger partial charge on any atom is 0.264 e. The van der Waals surface area contributed by atoms with Crippen molar-refractivity contribution in [3.63, 3.8) is 0 Å². The average molecular weight is 310 g/mol. The molecule has 0 aliphatic carbocycles. The Morgan fingerprint density at radius 2 is 2.05 bits per heavy atom. The molecule has 0 saturated carbocycles. The van der Waals surface area contributed by atoms with E-state index in [1.807, 2.05) is 0 Å². The number of sulfonamides is 1. The van der Waals surface area contributed by atoms with Crippen molar-refractivity contribution in [1.82, 2.24) is 9.55 Å². The number of aryl methyl sites for hydroxylation is 1. The molecule has 1 heterocycles. The second-order valence-electron chi connectivity index (χ2n) is 4.07. The predicted octanol–water partition coefficient (Wildman–Crippen LogP) is 2.28. The van der Waals surface area contributed by atoms with Crippen molar-refractivity contribution in [3.8, 4) is 12.3 Å². The lowest BCUT2D eigenvalue weighted by Crippen LogP contribution is -2.17. The Morgan fingerprint density at radius 1 is 1.40 bits per heavy atom. The highest BCUT2D eigenvalue weighted by Gasteiger charge is 2.17. The van der Waals surface area contributed by atoms with Crippen molar-refractivity contribution in [2.24, 2.45) is 0 Å². The van der Waals surface area contributed by atoms with E-state index in [0.717, 1.165) is 5.69 Å². The van der Waals surface area contributed by atoms with Crippen LogP contribution in [-0.4, -0.2) is 18.0 Å². The Balaban J connectivity index is 2.34. The van der Waals surface area contributed by atoms with Gasteiger partial charge in [-0.05, 0) is 31.2 Å². The molecular formula is C13H12ClN3O2S.